The first-order chi connectivity index (χ1) is 7.49. The number of anilines is 1. The van der Waals surface area contributed by atoms with Crippen LogP contribution in [0.2, 0.25) is 0 Å². The van der Waals surface area contributed by atoms with Crippen LogP contribution >= 0.6 is 0 Å². The van der Waals surface area contributed by atoms with E-state index in [4.69, 9.17) is 10.8 Å². The van der Waals surface area contributed by atoms with E-state index >= 15 is 0 Å². The van der Waals surface area contributed by atoms with E-state index in [0.717, 1.165) is 0 Å². The molecule has 0 unspecified atom stereocenters. The quantitative estimate of drug-likeness (QED) is 0.500. The number of aromatic nitrogens is 4. The lowest BCUT2D eigenvalue weighted by atomic mass is 10.4. The molecule has 0 amide bonds. The maximum absolute atomic E-state index is 11.5. The molecule has 0 fully saturated rings. The number of H-pyrrole nitrogens is 1. The second kappa shape index (κ2) is 3.26. The number of carboxylic acids is 1. The summed E-state index contributed by atoms with van der Waals surface area (Å²) in [5, 5.41) is 8.78. The zero-order valence-corrected chi connectivity index (χ0v) is 8.26. The molecule has 0 atom stereocenters. The molecule has 0 bridgehead atoms. The van der Waals surface area contributed by atoms with Gasteiger partial charge in [-0.05, 0) is 4.98 Å². The van der Waals surface area contributed by atoms with Gasteiger partial charge in [-0.3, -0.25) is 9.78 Å². The Morgan fingerprint density at radius 3 is 2.88 bits per heavy atom. The summed E-state index contributed by atoms with van der Waals surface area (Å²) in [7, 11) is 1.56. The maximum atomic E-state index is 11.5. The Labute approximate surface area is 88.4 Å². The molecule has 0 aliphatic rings. The van der Waals surface area contributed by atoms with Crippen LogP contribution in [0.1, 0.15) is 10.5 Å². The number of rotatable bonds is 1. The third-order valence-corrected chi connectivity index (χ3v) is 2.00. The minimum atomic E-state index is -1.21. The number of nitrogens with one attached hydrogen (secondary N) is 1. The van der Waals surface area contributed by atoms with Crippen molar-refractivity contribution in [2.75, 3.05) is 5.73 Å². The first-order valence-electron chi connectivity index (χ1n) is 4.28. The van der Waals surface area contributed by atoms with Gasteiger partial charge < -0.3 is 10.8 Å². The molecule has 2 heterocycles. The average Bonchev–Trinajstić information content (AvgIpc) is 2.19. The Bertz CT molecular complexity index is 648. The number of aromatic amines is 1. The fourth-order valence-corrected chi connectivity index (χ4v) is 1.32. The van der Waals surface area contributed by atoms with Gasteiger partial charge in [-0.1, -0.05) is 0 Å². The predicted molar refractivity (Wildman–Crippen MR) is 52.7 cm³/mol. The Morgan fingerprint density at radius 2 is 2.25 bits per heavy atom. The normalized spacial score (nSPS) is 10.6. The molecular weight excluding hydrogens is 214 g/mol. The maximum Gasteiger partial charge on any atom is 0.358 e. The first kappa shape index (κ1) is 10.0. The molecule has 0 saturated carbocycles. The molecule has 8 nitrogen and oxygen atoms in total. The lowest BCUT2D eigenvalue weighted by Gasteiger charge is -1.97. The van der Waals surface area contributed by atoms with Crippen LogP contribution in [0, 0.1) is 0 Å². The summed E-state index contributed by atoms with van der Waals surface area (Å²) < 4.78 is 1.39. The molecule has 2 rings (SSSR count). The lowest BCUT2D eigenvalue weighted by molar-refractivity contribution is -0.647. The average molecular weight is 222 g/mol. The number of nitrogens with zero attached hydrogens (tertiary/aromatic N) is 3. The highest BCUT2D eigenvalue weighted by atomic mass is 16.4. The number of nitrogen functional groups attached to an aromatic ring is 1. The number of carboxylic acid groups (broad SMARTS) is 1. The molecule has 0 aliphatic carbocycles. The van der Waals surface area contributed by atoms with Crippen LogP contribution in [0.5, 0.6) is 0 Å². The van der Waals surface area contributed by atoms with Gasteiger partial charge in [0.2, 0.25) is 5.52 Å². The highest BCUT2D eigenvalue weighted by molar-refractivity contribution is 5.86. The van der Waals surface area contributed by atoms with Gasteiger partial charge in [-0.15, -0.1) is 0 Å². The van der Waals surface area contributed by atoms with Gasteiger partial charge in [0.05, 0.1) is 7.05 Å². The number of nitrogens with two attached hydrogens (primary N) is 1. The van der Waals surface area contributed by atoms with Crippen LogP contribution in [-0.4, -0.2) is 26.0 Å². The molecule has 0 spiro atoms. The van der Waals surface area contributed by atoms with Crippen LogP contribution in [0.4, 0.5) is 5.95 Å². The SMILES string of the molecule is C[n+]1cc(C(=O)O)nc2c(=O)[nH]c(N)nc21. The van der Waals surface area contributed by atoms with Crippen molar-refractivity contribution in [2.24, 2.45) is 7.05 Å². The van der Waals surface area contributed by atoms with Crippen LogP contribution in [0.15, 0.2) is 11.0 Å². The third kappa shape index (κ3) is 1.45. The molecule has 8 heteroatoms. The van der Waals surface area contributed by atoms with Crippen molar-refractivity contribution >= 4 is 23.1 Å². The molecule has 16 heavy (non-hydrogen) atoms. The van der Waals surface area contributed by atoms with Crippen molar-refractivity contribution in [3.8, 4) is 0 Å². The van der Waals surface area contributed by atoms with E-state index in [-0.39, 0.29) is 22.8 Å². The zero-order valence-electron chi connectivity index (χ0n) is 8.26. The molecule has 0 saturated heterocycles. The second-order valence-electron chi connectivity index (χ2n) is 3.17. The van der Waals surface area contributed by atoms with Crippen LogP contribution in [-0.2, 0) is 7.05 Å². The molecule has 0 aromatic carbocycles. The smallest absolute Gasteiger partial charge is 0.358 e. The predicted octanol–water partition coefficient (Wildman–Crippen LogP) is -1.58. The van der Waals surface area contributed by atoms with Crippen molar-refractivity contribution in [3.63, 3.8) is 0 Å². The lowest BCUT2D eigenvalue weighted by Crippen LogP contribution is -2.34. The Balaban J connectivity index is 2.93. The summed E-state index contributed by atoms with van der Waals surface area (Å²) in [6.45, 7) is 0. The van der Waals surface area contributed by atoms with Crippen molar-refractivity contribution < 1.29 is 14.5 Å². The van der Waals surface area contributed by atoms with Gasteiger partial charge in [0.25, 0.3) is 5.56 Å². The highest BCUT2D eigenvalue weighted by Gasteiger charge is 2.18. The highest BCUT2D eigenvalue weighted by Crippen LogP contribution is 2.00. The summed E-state index contributed by atoms with van der Waals surface area (Å²) in [5.41, 5.74) is 4.74. The van der Waals surface area contributed by atoms with Crippen molar-refractivity contribution in [2.45, 2.75) is 0 Å². The van der Waals surface area contributed by atoms with Gasteiger partial charge >= 0.3 is 17.6 Å². The van der Waals surface area contributed by atoms with Crippen LogP contribution in [0.3, 0.4) is 0 Å². The number of aryl methyl sites for hydroxylation is 1. The van der Waals surface area contributed by atoms with Crippen LogP contribution < -0.4 is 15.9 Å². The largest absolute Gasteiger partial charge is 0.476 e. The summed E-state index contributed by atoms with van der Waals surface area (Å²) in [6.07, 6.45) is 1.26. The minimum Gasteiger partial charge on any atom is -0.476 e. The van der Waals surface area contributed by atoms with Crippen molar-refractivity contribution in [1.82, 2.24) is 15.0 Å². The fourth-order valence-electron chi connectivity index (χ4n) is 1.32. The van der Waals surface area contributed by atoms with Crippen molar-refractivity contribution in [3.05, 3.63) is 22.2 Å². The van der Waals surface area contributed by atoms with E-state index in [2.05, 4.69) is 15.0 Å². The Kier molecular flexibility index (Phi) is 2.04. The standard InChI is InChI=1S/C8H7N5O3/c1-13-2-3(7(15)16)10-4-5(13)11-8(9)12-6(4)14/h2H,1H3,(H3,9,12,14,15,16)/p+1. The summed E-state index contributed by atoms with van der Waals surface area (Å²) in [6, 6.07) is 0. The molecule has 0 aliphatic heterocycles. The first-order valence-corrected chi connectivity index (χ1v) is 4.28. The molecule has 82 valence electrons. The number of hydrogen-bond donors (Lipinski definition) is 3. The molecular formula is C8H8N5O3+. The zero-order chi connectivity index (χ0) is 11.9. The number of fused-ring (bicyclic) bond motifs is 1. The van der Waals surface area contributed by atoms with Gasteiger partial charge in [0.15, 0.2) is 5.69 Å². The molecule has 0 radical (unpaired) electrons. The van der Waals surface area contributed by atoms with Gasteiger partial charge in [-0.2, -0.15) is 0 Å². The number of aromatic carboxylic acids is 1. The second-order valence-corrected chi connectivity index (χ2v) is 3.17. The monoisotopic (exact) mass is 222 g/mol. The third-order valence-electron chi connectivity index (χ3n) is 2.00. The van der Waals surface area contributed by atoms with E-state index in [1.807, 2.05) is 0 Å². The molecule has 4 N–H and O–H groups in total. The van der Waals surface area contributed by atoms with Gasteiger partial charge in [0, 0.05) is 0 Å². The van der Waals surface area contributed by atoms with Gasteiger partial charge in [-0.25, -0.2) is 14.3 Å². The van der Waals surface area contributed by atoms with E-state index in [1.165, 1.54) is 10.8 Å². The van der Waals surface area contributed by atoms with E-state index < -0.39 is 11.5 Å². The fraction of sp³-hybridized carbons (Fsp3) is 0.125. The Hall–Kier alpha value is -2.51. The van der Waals surface area contributed by atoms with E-state index in [1.54, 1.807) is 7.05 Å². The molecule has 2 aromatic heterocycles. The van der Waals surface area contributed by atoms with Gasteiger partial charge in [0.1, 0.15) is 6.20 Å². The molecule has 2 aromatic rings. The summed E-state index contributed by atoms with van der Waals surface area (Å²) in [4.78, 5) is 32.0. The van der Waals surface area contributed by atoms with E-state index in [9.17, 15) is 9.59 Å². The summed E-state index contributed by atoms with van der Waals surface area (Å²) >= 11 is 0. The van der Waals surface area contributed by atoms with Crippen molar-refractivity contribution in [1.29, 1.82) is 0 Å². The number of hydrogen-bond acceptors (Lipinski definition) is 5. The van der Waals surface area contributed by atoms with Crippen LogP contribution in [0.25, 0.3) is 11.2 Å². The number of carbonyl (C=O) groups is 1. The minimum absolute atomic E-state index is 0.0435. The summed E-state index contributed by atoms with van der Waals surface area (Å²) in [5.74, 6) is -1.26. The topological polar surface area (TPSA) is 126 Å². The van der Waals surface area contributed by atoms with E-state index in [0.29, 0.717) is 0 Å². The Morgan fingerprint density at radius 1 is 1.56 bits per heavy atom.